The summed E-state index contributed by atoms with van der Waals surface area (Å²) >= 11 is 0. The third kappa shape index (κ3) is 10.7. The summed E-state index contributed by atoms with van der Waals surface area (Å²) in [6.45, 7) is 21.2. The van der Waals surface area contributed by atoms with Gasteiger partial charge in [0.25, 0.3) is 0 Å². The van der Waals surface area contributed by atoms with Gasteiger partial charge in [-0.25, -0.2) is 0 Å². The number of carbonyl (C=O) groups is 2. The largest absolute Gasteiger partial charge is 0.495 e. The first-order valence-corrected chi connectivity index (χ1v) is 14.4. The lowest BCUT2D eigenvalue weighted by atomic mass is 9.84. The van der Waals surface area contributed by atoms with Gasteiger partial charge in [-0.15, -0.1) is 0 Å². The van der Waals surface area contributed by atoms with Gasteiger partial charge in [-0.1, -0.05) is 68.0 Å². The van der Waals surface area contributed by atoms with E-state index in [1.54, 1.807) is 19.1 Å². The molecule has 0 bridgehead atoms. The van der Waals surface area contributed by atoms with Gasteiger partial charge >= 0.3 is 5.97 Å². The summed E-state index contributed by atoms with van der Waals surface area (Å²) in [4.78, 5) is 26.0. The Bertz CT molecular complexity index is 763. The minimum atomic E-state index is -0.298. The monoisotopic (exact) mass is 537 g/mol. The highest BCUT2D eigenvalue weighted by atomic mass is 16.5. The van der Waals surface area contributed by atoms with Crippen molar-refractivity contribution in [2.24, 2.45) is 29.6 Å². The number of likely N-dealkylation sites (tertiary alicyclic amines) is 1. The predicted molar refractivity (Wildman–Crippen MR) is 152 cm³/mol. The highest BCUT2D eigenvalue weighted by molar-refractivity contribution is 5.82. The molecule has 0 radical (unpaired) electrons. The molecule has 0 aromatic heterocycles. The summed E-state index contributed by atoms with van der Waals surface area (Å²) in [7, 11) is 3.45. The number of hydrogen-bond donors (Lipinski definition) is 0. The third-order valence-corrected chi connectivity index (χ3v) is 7.85. The van der Waals surface area contributed by atoms with Crippen molar-refractivity contribution < 1.29 is 28.5 Å². The second kappa shape index (κ2) is 17.0. The predicted octanol–water partition coefficient (Wildman–Crippen LogP) is 6.37. The van der Waals surface area contributed by atoms with E-state index in [0.717, 1.165) is 31.6 Å². The number of nitrogens with zero attached hydrogens (tertiary/aromatic N) is 1. The van der Waals surface area contributed by atoms with E-state index in [1.807, 2.05) is 33.0 Å². The molecular formula is C31H55NO6. The van der Waals surface area contributed by atoms with Crippen LogP contribution in [0.4, 0.5) is 0 Å². The van der Waals surface area contributed by atoms with Crippen molar-refractivity contribution in [1.29, 1.82) is 0 Å². The highest BCUT2D eigenvalue weighted by Gasteiger charge is 2.34. The maximum atomic E-state index is 12.7. The fourth-order valence-electron chi connectivity index (χ4n) is 4.83. The van der Waals surface area contributed by atoms with Crippen LogP contribution in [-0.2, 0) is 28.5 Å². The first kappa shape index (κ1) is 34.2. The number of methoxy groups -OCH3 is 2. The van der Waals surface area contributed by atoms with E-state index in [2.05, 4.69) is 41.2 Å². The topological polar surface area (TPSA) is 74.3 Å². The molecule has 1 rings (SSSR count). The summed E-state index contributed by atoms with van der Waals surface area (Å²) in [5.41, 5.74) is 0. The molecule has 7 atom stereocenters. The van der Waals surface area contributed by atoms with Crippen molar-refractivity contribution in [3.8, 4) is 0 Å². The molecule has 1 amide bonds. The number of hydrogen-bond acceptors (Lipinski definition) is 6. The van der Waals surface area contributed by atoms with E-state index >= 15 is 0 Å². The molecule has 0 aliphatic carbocycles. The summed E-state index contributed by atoms with van der Waals surface area (Å²) in [6, 6.07) is 0. The van der Waals surface area contributed by atoms with E-state index in [0.29, 0.717) is 18.8 Å². The molecule has 0 N–H and O–H groups in total. The molecule has 1 heterocycles. The lowest BCUT2D eigenvalue weighted by molar-refractivity contribution is -0.160. The highest BCUT2D eigenvalue weighted by Crippen LogP contribution is 2.30. The Balaban J connectivity index is 2.95. The Kier molecular flexibility index (Phi) is 15.3. The Morgan fingerprint density at radius 2 is 1.63 bits per heavy atom. The first-order valence-electron chi connectivity index (χ1n) is 14.4. The van der Waals surface area contributed by atoms with E-state index in [-0.39, 0.29) is 60.0 Å². The quantitative estimate of drug-likeness (QED) is 0.108. The fraction of sp³-hybridized carbons (Fsp3) is 0.806. The average molecular weight is 538 g/mol. The minimum absolute atomic E-state index is 0.0120. The van der Waals surface area contributed by atoms with Crippen LogP contribution >= 0.6 is 0 Å². The van der Waals surface area contributed by atoms with E-state index in [1.165, 1.54) is 0 Å². The normalized spacial score (nSPS) is 19.6. The van der Waals surface area contributed by atoms with Crippen LogP contribution in [0.2, 0.25) is 0 Å². The van der Waals surface area contributed by atoms with Crippen LogP contribution in [0, 0.1) is 29.6 Å². The van der Waals surface area contributed by atoms with Gasteiger partial charge in [0.05, 0.1) is 23.9 Å². The fourth-order valence-corrected chi connectivity index (χ4v) is 4.83. The second-order valence-corrected chi connectivity index (χ2v) is 11.6. The van der Waals surface area contributed by atoms with Crippen LogP contribution in [0.1, 0.15) is 87.5 Å². The zero-order valence-corrected chi connectivity index (χ0v) is 25.7. The molecule has 7 heteroatoms. The number of amides is 1. The molecule has 0 aromatic rings. The number of ether oxygens (including phenoxy) is 4. The van der Waals surface area contributed by atoms with Gasteiger partial charge in [0.15, 0.2) is 0 Å². The number of β-lactam (4-membered cyclic amide) rings is 1. The van der Waals surface area contributed by atoms with Crippen LogP contribution in [0.5, 0.6) is 0 Å². The van der Waals surface area contributed by atoms with E-state index in [9.17, 15) is 9.59 Å². The first-order chi connectivity index (χ1) is 17.9. The second-order valence-electron chi connectivity index (χ2n) is 11.6. The maximum Gasteiger partial charge on any atom is 0.308 e. The maximum absolute atomic E-state index is 12.7. The van der Waals surface area contributed by atoms with Gasteiger partial charge in [-0.2, -0.15) is 0 Å². The van der Waals surface area contributed by atoms with Crippen molar-refractivity contribution >= 4 is 11.9 Å². The van der Waals surface area contributed by atoms with Crippen molar-refractivity contribution in [3.05, 3.63) is 24.6 Å². The van der Waals surface area contributed by atoms with Gasteiger partial charge in [-0.3, -0.25) is 9.59 Å². The number of carbonyl (C=O) groups excluding carboxylic acids is 2. The Morgan fingerprint density at radius 3 is 2.08 bits per heavy atom. The summed E-state index contributed by atoms with van der Waals surface area (Å²) in [5.74, 6) is 1.12. The minimum Gasteiger partial charge on any atom is -0.495 e. The van der Waals surface area contributed by atoms with Crippen molar-refractivity contribution in [3.63, 3.8) is 0 Å². The molecule has 0 spiro atoms. The zero-order valence-electron chi connectivity index (χ0n) is 25.7. The summed E-state index contributed by atoms with van der Waals surface area (Å²) in [5, 5.41) is 0. The van der Waals surface area contributed by atoms with Crippen LogP contribution in [0.15, 0.2) is 24.6 Å². The molecule has 1 fully saturated rings. The molecule has 1 saturated heterocycles. The van der Waals surface area contributed by atoms with Gasteiger partial charge in [0, 0.05) is 58.1 Å². The van der Waals surface area contributed by atoms with Gasteiger partial charge in [-0.05, 0) is 24.7 Å². The van der Waals surface area contributed by atoms with Crippen molar-refractivity contribution in [2.75, 3.05) is 20.8 Å². The summed E-state index contributed by atoms with van der Waals surface area (Å²) in [6.07, 6.45) is 7.17. The van der Waals surface area contributed by atoms with Crippen molar-refractivity contribution in [2.45, 2.75) is 112 Å². The molecule has 1 aliphatic rings. The Labute approximate surface area is 232 Å². The van der Waals surface area contributed by atoms with Gasteiger partial charge in [0.1, 0.15) is 12.2 Å². The molecule has 7 nitrogen and oxygen atoms in total. The molecule has 0 unspecified atom stereocenters. The smallest absolute Gasteiger partial charge is 0.308 e. The third-order valence-electron chi connectivity index (χ3n) is 7.85. The lowest BCUT2D eigenvalue weighted by Crippen LogP contribution is -2.40. The standard InChI is InChI=1S/C31H55NO6/c1-12-24(8)37-27(20(2)3)19-28(35-10)22(6)13-14-26(38-31(34)21(4)5)25(9)30(36-11)23(7)15-17-32-18-16-29(32)33/h15,17,20-23,25-28,30H,8,12-14,16,18-19H2,1-7,9-11H3/b17-15+/t22-,23+,25-,26+,27-,28-,30+/m0/s1. The molecule has 220 valence electrons. The Morgan fingerprint density at radius 1 is 0.974 bits per heavy atom. The molecule has 0 saturated carbocycles. The Hall–Kier alpha value is -1.86. The van der Waals surface area contributed by atoms with Crippen molar-refractivity contribution in [1.82, 2.24) is 4.90 Å². The van der Waals surface area contributed by atoms with Crippen LogP contribution in [-0.4, -0.2) is 62.0 Å². The van der Waals surface area contributed by atoms with E-state index in [4.69, 9.17) is 18.9 Å². The molecule has 1 aliphatic heterocycles. The van der Waals surface area contributed by atoms with E-state index < -0.39 is 0 Å². The van der Waals surface area contributed by atoms with Gasteiger partial charge < -0.3 is 23.8 Å². The van der Waals surface area contributed by atoms with Crippen LogP contribution in [0.3, 0.4) is 0 Å². The number of rotatable bonds is 19. The SMILES string of the molecule is C=C(CC)O[C@@H](C[C@H](OC)[C@@H](C)CC[C@@H](OC(=O)C(C)C)[C@H](C)[C@H](OC)[C@H](C)/C=C/N1CCC1=O)C(C)C. The van der Waals surface area contributed by atoms with Crippen LogP contribution in [0.25, 0.3) is 0 Å². The zero-order chi connectivity index (χ0) is 29.0. The van der Waals surface area contributed by atoms with Crippen LogP contribution < -0.4 is 0 Å². The summed E-state index contributed by atoms with van der Waals surface area (Å²) < 4.78 is 24.0. The molecular weight excluding hydrogens is 482 g/mol. The average Bonchev–Trinajstić information content (AvgIpc) is 2.87. The molecule has 0 aromatic carbocycles. The molecule has 38 heavy (non-hydrogen) atoms. The number of esters is 1. The lowest BCUT2D eigenvalue weighted by Gasteiger charge is -2.35. The van der Waals surface area contributed by atoms with Gasteiger partial charge in [0.2, 0.25) is 5.91 Å². The number of allylic oxidation sites excluding steroid dienone is 1.